The molecule has 1 aliphatic rings. The monoisotopic (exact) mass is 250 g/mol. The minimum absolute atomic E-state index is 0.00116. The van der Waals surface area contributed by atoms with E-state index in [2.05, 4.69) is 5.10 Å². The highest BCUT2D eigenvalue weighted by Crippen LogP contribution is 2.37. The third-order valence-electron chi connectivity index (χ3n) is 2.73. The van der Waals surface area contributed by atoms with Gasteiger partial charge in [-0.05, 0) is 6.42 Å². The van der Waals surface area contributed by atoms with E-state index in [1.54, 1.807) is 0 Å². The number of aliphatic hydroxyl groups is 1. The quantitative estimate of drug-likeness (QED) is 0.824. The average molecular weight is 250 g/mol. The molecule has 17 heavy (non-hydrogen) atoms. The van der Waals surface area contributed by atoms with Crippen molar-refractivity contribution in [3.05, 3.63) is 17.5 Å². The van der Waals surface area contributed by atoms with Crippen molar-refractivity contribution < 1.29 is 23.0 Å². The molecule has 1 aromatic rings. The highest BCUT2D eigenvalue weighted by molar-refractivity contribution is 5.23. The molecule has 2 atom stereocenters. The molecular weight excluding hydrogens is 237 g/mol. The summed E-state index contributed by atoms with van der Waals surface area (Å²) in [5.41, 5.74) is -0.933. The fourth-order valence-electron chi connectivity index (χ4n) is 1.96. The summed E-state index contributed by atoms with van der Waals surface area (Å²) in [6.45, 7) is 0.262. The lowest BCUT2D eigenvalue weighted by Gasteiger charge is -2.26. The van der Waals surface area contributed by atoms with E-state index in [-0.39, 0.29) is 18.6 Å². The van der Waals surface area contributed by atoms with Gasteiger partial charge in [0, 0.05) is 31.8 Å². The van der Waals surface area contributed by atoms with Crippen molar-refractivity contribution in [3.8, 4) is 0 Å². The van der Waals surface area contributed by atoms with E-state index in [1.165, 1.54) is 13.2 Å². The normalized spacial score (nSPS) is 26.2. The van der Waals surface area contributed by atoms with Crippen LogP contribution in [0.1, 0.15) is 30.2 Å². The number of hydrogen-bond donors (Lipinski definition) is 1. The maximum absolute atomic E-state index is 12.7. The number of halogens is 3. The largest absolute Gasteiger partial charge is 0.435 e. The molecule has 7 heteroatoms. The number of nitrogens with zero attached hydrogens (tertiary/aromatic N) is 2. The first-order valence-electron chi connectivity index (χ1n) is 5.28. The fourth-order valence-corrected chi connectivity index (χ4v) is 1.96. The average Bonchev–Trinajstić information content (AvgIpc) is 2.60. The molecule has 0 aromatic carbocycles. The lowest BCUT2D eigenvalue weighted by molar-refractivity contribution is -0.144. The Bertz CT molecular complexity index is 403. The second kappa shape index (κ2) is 4.30. The summed E-state index contributed by atoms with van der Waals surface area (Å²) in [6.07, 6.45) is -3.92. The predicted molar refractivity (Wildman–Crippen MR) is 52.1 cm³/mol. The summed E-state index contributed by atoms with van der Waals surface area (Å²) >= 11 is 0. The van der Waals surface area contributed by atoms with E-state index in [0.717, 1.165) is 4.68 Å². The van der Waals surface area contributed by atoms with Gasteiger partial charge < -0.3 is 9.84 Å². The topological polar surface area (TPSA) is 47.3 Å². The fraction of sp³-hybridized carbons (Fsp3) is 0.700. The van der Waals surface area contributed by atoms with Crippen LogP contribution in [0.2, 0.25) is 0 Å². The molecule has 1 fully saturated rings. The van der Waals surface area contributed by atoms with Crippen LogP contribution in [0, 0.1) is 0 Å². The summed E-state index contributed by atoms with van der Waals surface area (Å²) in [7, 11) is 1.43. The second-order valence-electron chi connectivity index (χ2n) is 4.14. The summed E-state index contributed by atoms with van der Waals surface area (Å²) in [4.78, 5) is 0. The predicted octanol–water partition coefficient (Wildman–Crippen LogP) is 1.65. The van der Waals surface area contributed by atoms with Gasteiger partial charge in [-0.25, -0.2) is 0 Å². The Hall–Kier alpha value is -1.08. The van der Waals surface area contributed by atoms with Crippen LogP contribution in [0.5, 0.6) is 0 Å². The van der Waals surface area contributed by atoms with Crippen molar-refractivity contribution in [1.82, 2.24) is 9.78 Å². The van der Waals surface area contributed by atoms with Gasteiger partial charge in [0.15, 0.2) is 5.69 Å². The highest BCUT2D eigenvalue weighted by atomic mass is 19.4. The maximum atomic E-state index is 12.7. The van der Waals surface area contributed by atoms with Crippen LogP contribution >= 0.6 is 0 Å². The minimum Gasteiger partial charge on any atom is -0.393 e. The SMILES string of the molecule is Cn1cc(C2CC(O)CCO2)c(C(F)(F)F)n1. The van der Waals surface area contributed by atoms with Crippen molar-refractivity contribution in [2.24, 2.45) is 7.05 Å². The summed E-state index contributed by atoms with van der Waals surface area (Å²) in [6, 6.07) is 0. The van der Waals surface area contributed by atoms with Crippen LogP contribution in [0.3, 0.4) is 0 Å². The number of alkyl halides is 3. The zero-order chi connectivity index (χ0) is 12.6. The molecule has 2 heterocycles. The first-order valence-corrected chi connectivity index (χ1v) is 5.28. The molecule has 0 bridgehead atoms. The van der Waals surface area contributed by atoms with Crippen molar-refractivity contribution in [3.63, 3.8) is 0 Å². The Morgan fingerprint density at radius 1 is 1.53 bits per heavy atom. The van der Waals surface area contributed by atoms with Crippen molar-refractivity contribution >= 4 is 0 Å². The molecule has 1 saturated heterocycles. The van der Waals surface area contributed by atoms with E-state index in [1.807, 2.05) is 0 Å². The van der Waals surface area contributed by atoms with Gasteiger partial charge in [0.2, 0.25) is 0 Å². The third-order valence-corrected chi connectivity index (χ3v) is 2.73. The molecule has 1 aromatic heterocycles. The van der Waals surface area contributed by atoms with Gasteiger partial charge in [-0.3, -0.25) is 4.68 Å². The van der Waals surface area contributed by atoms with E-state index in [0.29, 0.717) is 6.42 Å². The van der Waals surface area contributed by atoms with Crippen molar-refractivity contribution in [2.75, 3.05) is 6.61 Å². The number of ether oxygens (including phenoxy) is 1. The lowest BCUT2D eigenvalue weighted by Crippen LogP contribution is -2.24. The molecule has 1 N–H and O–H groups in total. The maximum Gasteiger partial charge on any atom is 0.435 e. The molecule has 0 radical (unpaired) electrons. The Morgan fingerprint density at radius 3 is 2.82 bits per heavy atom. The van der Waals surface area contributed by atoms with Crippen LogP contribution in [0.4, 0.5) is 13.2 Å². The van der Waals surface area contributed by atoms with Gasteiger partial charge in [-0.2, -0.15) is 18.3 Å². The Balaban J connectivity index is 2.31. The number of rotatable bonds is 1. The molecule has 96 valence electrons. The van der Waals surface area contributed by atoms with Gasteiger partial charge in [0.05, 0.1) is 12.2 Å². The summed E-state index contributed by atoms with van der Waals surface area (Å²) < 4.78 is 44.5. The highest BCUT2D eigenvalue weighted by Gasteiger charge is 2.40. The Kier molecular flexibility index (Phi) is 3.13. The van der Waals surface area contributed by atoms with Crippen molar-refractivity contribution in [2.45, 2.75) is 31.2 Å². The number of aromatic nitrogens is 2. The van der Waals surface area contributed by atoms with Crippen LogP contribution in [0.25, 0.3) is 0 Å². The molecule has 2 unspecified atom stereocenters. The van der Waals surface area contributed by atoms with E-state index < -0.39 is 24.1 Å². The molecule has 4 nitrogen and oxygen atoms in total. The Labute approximate surface area is 96.0 Å². The molecule has 0 amide bonds. The van der Waals surface area contributed by atoms with Gasteiger partial charge in [-0.15, -0.1) is 0 Å². The number of hydrogen-bond acceptors (Lipinski definition) is 3. The molecule has 0 saturated carbocycles. The van der Waals surface area contributed by atoms with Crippen LogP contribution in [0.15, 0.2) is 6.20 Å². The zero-order valence-electron chi connectivity index (χ0n) is 9.24. The standard InChI is InChI=1S/C10H13F3N2O2/c1-15-5-7(9(14-15)10(11,12)13)8-4-6(16)2-3-17-8/h5-6,8,16H,2-4H2,1H3. The van der Waals surface area contributed by atoms with Gasteiger partial charge in [-0.1, -0.05) is 0 Å². The Morgan fingerprint density at radius 2 is 2.24 bits per heavy atom. The van der Waals surface area contributed by atoms with E-state index in [9.17, 15) is 18.3 Å². The minimum atomic E-state index is -4.50. The van der Waals surface area contributed by atoms with Crippen LogP contribution in [-0.4, -0.2) is 27.6 Å². The van der Waals surface area contributed by atoms with E-state index >= 15 is 0 Å². The lowest BCUT2D eigenvalue weighted by atomic mass is 9.99. The van der Waals surface area contributed by atoms with Crippen molar-refractivity contribution in [1.29, 1.82) is 0 Å². The third kappa shape index (κ3) is 2.61. The summed E-state index contributed by atoms with van der Waals surface area (Å²) in [5.74, 6) is 0. The van der Waals surface area contributed by atoms with Gasteiger partial charge in [0.1, 0.15) is 0 Å². The zero-order valence-corrected chi connectivity index (χ0v) is 9.24. The molecule has 2 rings (SSSR count). The van der Waals surface area contributed by atoms with Crippen LogP contribution in [-0.2, 0) is 18.0 Å². The number of aryl methyl sites for hydroxylation is 1. The first kappa shape index (κ1) is 12.4. The second-order valence-corrected chi connectivity index (χ2v) is 4.14. The summed E-state index contributed by atoms with van der Waals surface area (Å²) in [5, 5.41) is 12.9. The molecule has 0 aliphatic carbocycles. The number of aliphatic hydroxyl groups excluding tert-OH is 1. The van der Waals surface area contributed by atoms with Gasteiger partial charge >= 0.3 is 6.18 Å². The molecular formula is C10H13F3N2O2. The molecule has 1 aliphatic heterocycles. The van der Waals surface area contributed by atoms with Gasteiger partial charge in [0.25, 0.3) is 0 Å². The van der Waals surface area contributed by atoms with E-state index in [4.69, 9.17) is 4.74 Å². The smallest absolute Gasteiger partial charge is 0.393 e. The van der Waals surface area contributed by atoms with Crippen LogP contribution < -0.4 is 0 Å². The first-order chi connectivity index (χ1) is 7.88. The molecule has 0 spiro atoms.